The van der Waals surface area contributed by atoms with E-state index in [1.165, 1.54) is 30.6 Å². The summed E-state index contributed by atoms with van der Waals surface area (Å²) in [5.74, 6) is -0.422. The van der Waals surface area contributed by atoms with E-state index in [9.17, 15) is 14.7 Å². The second kappa shape index (κ2) is 12.4. The maximum Gasteiger partial charge on any atom is 0.408 e. The Morgan fingerprint density at radius 3 is 1.76 bits per heavy atom. The molecular formula is C29H33NO5S2. The van der Waals surface area contributed by atoms with Gasteiger partial charge in [0.05, 0.1) is 16.9 Å². The maximum absolute atomic E-state index is 12.5. The van der Waals surface area contributed by atoms with Crippen LogP contribution >= 0.6 is 23.5 Å². The molecule has 0 aliphatic heterocycles. The normalized spacial score (nSPS) is 12.1. The molecular weight excluding hydrogens is 506 g/mol. The average Bonchev–Trinajstić information content (AvgIpc) is 2.82. The summed E-state index contributed by atoms with van der Waals surface area (Å²) in [6.45, 7) is 9.30. The number of hydrogen-bond acceptors (Lipinski definition) is 7. The van der Waals surface area contributed by atoms with Crippen molar-refractivity contribution in [3.63, 3.8) is 0 Å². The number of rotatable bonds is 8. The van der Waals surface area contributed by atoms with E-state index in [2.05, 4.69) is 5.32 Å². The number of benzene rings is 3. The molecule has 3 aromatic carbocycles. The Morgan fingerprint density at radius 1 is 0.892 bits per heavy atom. The molecule has 0 saturated carbocycles. The van der Waals surface area contributed by atoms with Gasteiger partial charge < -0.3 is 19.9 Å². The predicted molar refractivity (Wildman–Crippen MR) is 148 cm³/mol. The van der Waals surface area contributed by atoms with E-state index in [0.717, 1.165) is 26.5 Å². The topological polar surface area (TPSA) is 84.9 Å². The molecule has 1 amide bonds. The Bertz CT molecular complexity index is 1170. The number of esters is 1. The first-order valence-corrected chi connectivity index (χ1v) is 13.5. The average molecular weight is 540 g/mol. The van der Waals surface area contributed by atoms with E-state index in [-0.39, 0.29) is 12.2 Å². The van der Waals surface area contributed by atoms with E-state index in [4.69, 9.17) is 9.47 Å². The maximum atomic E-state index is 12.5. The van der Waals surface area contributed by atoms with Crippen LogP contribution in [0.4, 0.5) is 4.79 Å². The zero-order valence-electron chi connectivity index (χ0n) is 22.0. The largest absolute Gasteiger partial charge is 0.506 e. The number of ether oxygens (including phenoxy) is 2. The van der Waals surface area contributed by atoms with Gasteiger partial charge in [-0.1, -0.05) is 58.9 Å². The highest BCUT2D eigenvalue weighted by Crippen LogP contribution is 2.43. The number of methoxy groups -OCH3 is 1. The molecule has 0 aliphatic carbocycles. The van der Waals surface area contributed by atoms with Gasteiger partial charge in [0.2, 0.25) is 0 Å². The molecule has 0 heterocycles. The van der Waals surface area contributed by atoms with Crippen molar-refractivity contribution in [2.24, 2.45) is 0 Å². The van der Waals surface area contributed by atoms with Gasteiger partial charge in [-0.15, -0.1) is 0 Å². The fourth-order valence-corrected chi connectivity index (χ4v) is 5.35. The molecule has 0 unspecified atom stereocenters. The minimum absolute atomic E-state index is 0.162. The van der Waals surface area contributed by atoms with Gasteiger partial charge in [0, 0.05) is 16.2 Å². The van der Waals surface area contributed by atoms with Gasteiger partial charge in [0.1, 0.15) is 17.4 Å². The second-order valence-electron chi connectivity index (χ2n) is 9.70. The lowest BCUT2D eigenvalue weighted by Gasteiger charge is -2.23. The van der Waals surface area contributed by atoms with Crippen LogP contribution in [0.25, 0.3) is 0 Å². The van der Waals surface area contributed by atoms with Crippen LogP contribution in [0.3, 0.4) is 0 Å². The summed E-state index contributed by atoms with van der Waals surface area (Å²) in [5.41, 5.74) is 2.34. The van der Waals surface area contributed by atoms with Gasteiger partial charge in [-0.05, 0) is 76.6 Å². The molecule has 0 aromatic heterocycles. The lowest BCUT2D eigenvalue weighted by Crippen LogP contribution is -2.45. The molecule has 3 aromatic rings. The van der Waals surface area contributed by atoms with Crippen LogP contribution in [0.2, 0.25) is 0 Å². The van der Waals surface area contributed by atoms with Gasteiger partial charge in [0.15, 0.2) is 0 Å². The van der Waals surface area contributed by atoms with Crippen LogP contribution < -0.4 is 5.32 Å². The van der Waals surface area contributed by atoms with Crippen molar-refractivity contribution < 1.29 is 24.2 Å². The summed E-state index contributed by atoms with van der Waals surface area (Å²) < 4.78 is 10.3. The molecule has 37 heavy (non-hydrogen) atoms. The Hall–Kier alpha value is -3.10. The number of amides is 1. The van der Waals surface area contributed by atoms with Crippen molar-refractivity contribution in [1.29, 1.82) is 0 Å². The minimum atomic E-state index is -0.959. The summed E-state index contributed by atoms with van der Waals surface area (Å²) in [6, 6.07) is 18.8. The monoisotopic (exact) mass is 539 g/mol. The van der Waals surface area contributed by atoms with E-state index < -0.39 is 23.7 Å². The van der Waals surface area contributed by atoms with Crippen molar-refractivity contribution in [2.75, 3.05) is 7.11 Å². The van der Waals surface area contributed by atoms with Crippen LogP contribution in [0.1, 0.15) is 37.5 Å². The summed E-state index contributed by atoms with van der Waals surface area (Å²) in [4.78, 5) is 28.2. The number of phenolic OH excluding ortho intramolecular Hbond substituents is 1. The fraction of sp³-hybridized carbons (Fsp3) is 0.310. The number of carbonyl (C=O) groups excluding carboxylic acids is 2. The van der Waals surface area contributed by atoms with Gasteiger partial charge >= 0.3 is 12.1 Å². The zero-order valence-corrected chi connectivity index (χ0v) is 23.6. The number of alkyl carbamates (subject to hydrolysis) is 1. The highest BCUT2D eigenvalue weighted by atomic mass is 32.2. The van der Waals surface area contributed by atoms with E-state index >= 15 is 0 Å². The Kier molecular flexibility index (Phi) is 9.56. The summed E-state index contributed by atoms with van der Waals surface area (Å²) >= 11 is 2.87. The molecule has 0 radical (unpaired) electrons. The lowest BCUT2D eigenvalue weighted by molar-refractivity contribution is -0.143. The third kappa shape index (κ3) is 8.76. The lowest BCUT2D eigenvalue weighted by atomic mass is 10.1. The van der Waals surface area contributed by atoms with Crippen LogP contribution in [0.15, 0.2) is 80.2 Å². The number of nitrogens with one attached hydrogen (secondary N) is 1. The standard InChI is InChI=1S/C29H33NO5S2/c1-18-7-11-21(12-8-18)36-24-16-20(15-23(27(32)34-6)30-28(33)35-29(3,4)5)17-25(26(24)31)37-22-13-9-19(2)10-14-22/h7-14,16-17,23,31H,15H2,1-6H3,(H,30,33)/t23-/m0/s1. The highest BCUT2D eigenvalue weighted by molar-refractivity contribution is 8.00. The van der Waals surface area contributed by atoms with Crippen LogP contribution in [0.5, 0.6) is 5.75 Å². The van der Waals surface area contributed by atoms with Crippen molar-refractivity contribution in [1.82, 2.24) is 5.32 Å². The molecule has 8 heteroatoms. The molecule has 0 saturated heterocycles. The first-order valence-electron chi connectivity index (χ1n) is 11.9. The van der Waals surface area contributed by atoms with E-state index in [1.54, 1.807) is 20.8 Å². The van der Waals surface area contributed by atoms with Gasteiger partial charge in [-0.3, -0.25) is 0 Å². The highest BCUT2D eigenvalue weighted by Gasteiger charge is 2.26. The molecule has 0 aliphatic rings. The zero-order chi connectivity index (χ0) is 27.2. The molecule has 0 spiro atoms. The number of aryl methyl sites for hydroxylation is 2. The fourth-order valence-electron chi connectivity index (χ4n) is 3.40. The molecule has 0 bridgehead atoms. The second-order valence-corrected chi connectivity index (χ2v) is 11.9. The molecule has 196 valence electrons. The van der Waals surface area contributed by atoms with E-state index in [0.29, 0.717) is 9.79 Å². The quantitative estimate of drug-likeness (QED) is 0.301. The Morgan fingerprint density at radius 2 is 1.35 bits per heavy atom. The number of hydrogen-bond donors (Lipinski definition) is 2. The number of phenols is 1. The van der Waals surface area contributed by atoms with Crippen LogP contribution in [-0.2, 0) is 20.7 Å². The van der Waals surface area contributed by atoms with Crippen molar-refractivity contribution in [2.45, 2.75) is 72.3 Å². The van der Waals surface area contributed by atoms with Crippen molar-refractivity contribution in [3.05, 3.63) is 77.4 Å². The molecule has 0 fully saturated rings. The van der Waals surface area contributed by atoms with Gasteiger partial charge in [-0.25, -0.2) is 9.59 Å². The Labute approximate surface area is 227 Å². The van der Waals surface area contributed by atoms with Gasteiger partial charge in [0.25, 0.3) is 0 Å². The van der Waals surface area contributed by atoms with Crippen molar-refractivity contribution >= 4 is 35.6 Å². The molecule has 6 nitrogen and oxygen atoms in total. The Balaban J connectivity index is 1.96. The first kappa shape index (κ1) is 28.5. The molecule has 1 atom stereocenters. The predicted octanol–water partition coefficient (Wildman–Crippen LogP) is 6.92. The van der Waals surface area contributed by atoms with Crippen LogP contribution in [0, 0.1) is 13.8 Å². The summed E-state index contributed by atoms with van der Waals surface area (Å²) in [7, 11) is 1.28. The number of aromatic hydroxyl groups is 1. The summed E-state index contributed by atoms with van der Waals surface area (Å²) in [6.07, 6.45) is -0.542. The third-order valence-electron chi connectivity index (χ3n) is 5.21. The van der Waals surface area contributed by atoms with E-state index in [1.807, 2.05) is 74.5 Å². The SMILES string of the molecule is COC(=O)[C@H](Cc1cc(Sc2ccc(C)cc2)c(O)c(Sc2ccc(C)cc2)c1)NC(=O)OC(C)(C)C. The van der Waals surface area contributed by atoms with Gasteiger partial charge in [-0.2, -0.15) is 0 Å². The van der Waals surface area contributed by atoms with Crippen LogP contribution in [-0.4, -0.2) is 35.9 Å². The third-order valence-corrected chi connectivity index (χ3v) is 7.29. The minimum Gasteiger partial charge on any atom is -0.506 e. The van der Waals surface area contributed by atoms with Crippen molar-refractivity contribution in [3.8, 4) is 5.75 Å². The summed E-state index contributed by atoms with van der Waals surface area (Å²) in [5, 5.41) is 13.8. The number of carbonyl (C=O) groups is 2. The first-order chi connectivity index (χ1) is 17.4. The molecule has 2 N–H and O–H groups in total. The molecule has 3 rings (SSSR count). The smallest absolute Gasteiger partial charge is 0.408 e.